The lowest BCUT2D eigenvalue weighted by atomic mass is 10.3. The van der Waals surface area contributed by atoms with E-state index in [1.165, 1.54) is 23.9 Å². The predicted molar refractivity (Wildman–Crippen MR) is 87.1 cm³/mol. The number of hydrogen-bond donors (Lipinski definition) is 3. The number of anilines is 1. The Balaban J connectivity index is 1.56. The number of carbonyl (C=O) groups is 1. The van der Waals surface area contributed by atoms with Crippen LogP contribution in [0.3, 0.4) is 0 Å². The Morgan fingerprint density at radius 2 is 2.22 bits per heavy atom. The molecular weight excluding hydrogens is 314 g/mol. The third kappa shape index (κ3) is 4.07. The topological polar surface area (TPSA) is 104 Å². The van der Waals surface area contributed by atoms with E-state index in [4.69, 9.17) is 0 Å². The van der Waals surface area contributed by atoms with Crippen LogP contribution in [0.4, 0.5) is 5.69 Å². The molecule has 116 valence electrons. The number of phenols is 1. The highest BCUT2D eigenvalue weighted by atomic mass is 32.2. The van der Waals surface area contributed by atoms with Gasteiger partial charge in [0.2, 0.25) is 11.1 Å². The Hall–Kier alpha value is -2.87. The van der Waals surface area contributed by atoms with Crippen molar-refractivity contribution in [1.82, 2.24) is 20.2 Å². The third-order valence-electron chi connectivity index (χ3n) is 2.86. The van der Waals surface area contributed by atoms with Crippen LogP contribution in [0.5, 0.6) is 5.75 Å². The molecule has 1 amide bonds. The van der Waals surface area contributed by atoms with Crippen molar-refractivity contribution in [2.75, 3.05) is 11.1 Å². The summed E-state index contributed by atoms with van der Waals surface area (Å²) in [4.78, 5) is 20.2. The van der Waals surface area contributed by atoms with Gasteiger partial charge in [-0.3, -0.25) is 14.9 Å². The quantitative estimate of drug-likeness (QED) is 0.621. The SMILES string of the molecule is O=C(CSc1n[nH]c(-c2cccnc2)n1)Nc1cccc(O)c1. The second-order valence-corrected chi connectivity index (χ2v) is 5.54. The molecule has 0 aliphatic carbocycles. The first-order valence-electron chi connectivity index (χ1n) is 6.75. The fourth-order valence-corrected chi connectivity index (χ4v) is 2.45. The molecule has 0 spiro atoms. The Kier molecular flexibility index (Phi) is 4.53. The van der Waals surface area contributed by atoms with Crippen LogP contribution in [0.15, 0.2) is 53.9 Å². The van der Waals surface area contributed by atoms with Gasteiger partial charge in [0.05, 0.1) is 5.75 Å². The molecule has 8 heteroatoms. The number of amides is 1. The third-order valence-corrected chi connectivity index (χ3v) is 3.71. The van der Waals surface area contributed by atoms with Gasteiger partial charge in [-0.05, 0) is 24.3 Å². The largest absolute Gasteiger partial charge is 0.508 e. The van der Waals surface area contributed by atoms with Crippen molar-refractivity contribution in [3.05, 3.63) is 48.8 Å². The molecule has 2 heterocycles. The molecule has 0 fully saturated rings. The Morgan fingerprint density at radius 3 is 3.00 bits per heavy atom. The van der Waals surface area contributed by atoms with Crippen LogP contribution in [-0.4, -0.2) is 36.9 Å². The van der Waals surface area contributed by atoms with E-state index in [9.17, 15) is 9.90 Å². The Bertz CT molecular complexity index is 806. The molecule has 0 saturated heterocycles. The molecule has 1 aromatic carbocycles. The molecule has 3 aromatic rings. The summed E-state index contributed by atoms with van der Waals surface area (Å²) >= 11 is 1.22. The van der Waals surface area contributed by atoms with Crippen LogP contribution in [0.25, 0.3) is 11.4 Å². The van der Waals surface area contributed by atoms with Crippen LogP contribution < -0.4 is 5.32 Å². The van der Waals surface area contributed by atoms with E-state index in [0.717, 1.165) is 5.56 Å². The zero-order valence-electron chi connectivity index (χ0n) is 11.9. The van der Waals surface area contributed by atoms with E-state index in [1.54, 1.807) is 24.5 Å². The molecule has 3 N–H and O–H groups in total. The summed E-state index contributed by atoms with van der Waals surface area (Å²) in [6.45, 7) is 0. The number of carbonyl (C=O) groups excluding carboxylic acids is 1. The number of H-pyrrole nitrogens is 1. The lowest BCUT2D eigenvalue weighted by molar-refractivity contribution is -0.113. The van der Waals surface area contributed by atoms with Crippen LogP contribution in [-0.2, 0) is 4.79 Å². The molecule has 0 aliphatic heterocycles. The average Bonchev–Trinajstić information content (AvgIpc) is 3.03. The molecule has 0 unspecified atom stereocenters. The van der Waals surface area contributed by atoms with Gasteiger partial charge in [0.25, 0.3) is 0 Å². The maximum Gasteiger partial charge on any atom is 0.234 e. The minimum absolute atomic E-state index is 0.102. The molecule has 3 rings (SSSR count). The van der Waals surface area contributed by atoms with Gasteiger partial charge >= 0.3 is 0 Å². The van der Waals surface area contributed by atoms with Crippen molar-refractivity contribution in [1.29, 1.82) is 0 Å². The fourth-order valence-electron chi connectivity index (χ4n) is 1.85. The Morgan fingerprint density at radius 1 is 1.30 bits per heavy atom. The molecule has 0 radical (unpaired) electrons. The summed E-state index contributed by atoms with van der Waals surface area (Å²) in [6.07, 6.45) is 3.37. The number of aromatic amines is 1. The zero-order chi connectivity index (χ0) is 16.1. The van der Waals surface area contributed by atoms with Crippen LogP contribution in [0.1, 0.15) is 0 Å². The highest BCUT2D eigenvalue weighted by Crippen LogP contribution is 2.19. The van der Waals surface area contributed by atoms with E-state index in [1.807, 2.05) is 12.1 Å². The maximum atomic E-state index is 11.9. The van der Waals surface area contributed by atoms with Gasteiger partial charge in [0.1, 0.15) is 5.75 Å². The minimum Gasteiger partial charge on any atom is -0.508 e. The number of phenolic OH excluding ortho intramolecular Hbond substituents is 1. The highest BCUT2D eigenvalue weighted by Gasteiger charge is 2.09. The number of pyridine rings is 1. The van der Waals surface area contributed by atoms with E-state index < -0.39 is 0 Å². The number of benzene rings is 1. The molecule has 0 bridgehead atoms. The van der Waals surface area contributed by atoms with Gasteiger partial charge in [-0.2, -0.15) is 0 Å². The summed E-state index contributed by atoms with van der Waals surface area (Å²) in [5.41, 5.74) is 1.37. The van der Waals surface area contributed by atoms with Crippen molar-refractivity contribution in [2.24, 2.45) is 0 Å². The molecule has 0 atom stereocenters. The van der Waals surface area contributed by atoms with Crippen LogP contribution in [0, 0.1) is 0 Å². The fraction of sp³-hybridized carbons (Fsp3) is 0.0667. The van der Waals surface area contributed by atoms with Crippen LogP contribution >= 0.6 is 11.8 Å². The second-order valence-electron chi connectivity index (χ2n) is 4.60. The van der Waals surface area contributed by atoms with Crippen molar-refractivity contribution in [3.63, 3.8) is 0 Å². The number of nitrogens with zero attached hydrogens (tertiary/aromatic N) is 3. The van der Waals surface area contributed by atoms with Gasteiger partial charge in [0, 0.05) is 29.7 Å². The first-order valence-corrected chi connectivity index (χ1v) is 7.74. The summed E-state index contributed by atoms with van der Waals surface area (Å²) in [6, 6.07) is 10.1. The average molecular weight is 327 g/mol. The maximum absolute atomic E-state index is 11.9. The zero-order valence-corrected chi connectivity index (χ0v) is 12.7. The van der Waals surface area contributed by atoms with E-state index in [-0.39, 0.29) is 17.4 Å². The monoisotopic (exact) mass is 327 g/mol. The lowest BCUT2D eigenvalue weighted by Gasteiger charge is -2.04. The molecular formula is C15H13N5O2S. The van der Waals surface area contributed by atoms with Crippen LogP contribution in [0.2, 0.25) is 0 Å². The second kappa shape index (κ2) is 6.93. The summed E-state index contributed by atoms with van der Waals surface area (Å²) in [5.74, 6) is 0.674. The van der Waals surface area contributed by atoms with Crippen molar-refractivity contribution >= 4 is 23.4 Å². The van der Waals surface area contributed by atoms with Gasteiger partial charge in [-0.15, -0.1) is 5.10 Å². The number of thioether (sulfide) groups is 1. The van der Waals surface area contributed by atoms with E-state index in [0.29, 0.717) is 16.7 Å². The van der Waals surface area contributed by atoms with Crippen molar-refractivity contribution in [3.8, 4) is 17.1 Å². The molecule has 7 nitrogen and oxygen atoms in total. The van der Waals surface area contributed by atoms with Crippen molar-refractivity contribution < 1.29 is 9.90 Å². The Labute approximate surface area is 136 Å². The summed E-state index contributed by atoms with van der Waals surface area (Å²) in [5, 5.41) is 19.4. The summed E-state index contributed by atoms with van der Waals surface area (Å²) < 4.78 is 0. The number of hydrogen-bond acceptors (Lipinski definition) is 6. The first-order chi connectivity index (χ1) is 11.2. The molecule has 23 heavy (non-hydrogen) atoms. The van der Waals surface area contributed by atoms with Crippen molar-refractivity contribution in [2.45, 2.75) is 5.16 Å². The van der Waals surface area contributed by atoms with E-state index >= 15 is 0 Å². The number of nitrogens with one attached hydrogen (secondary N) is 2. The minimum atomic E-state index is -0.201. The normalized spacial score (nSPS) is 10.4. The molecule has 0 saturated carbocycles. The van der Waals surface area contributed by atoms with Gasteiger partial charge < -0.3 is 10.4 Å². The number of aromatic nitrogens is 4. The molecule has 0 aliphatic rings. The lowest BCUT2D eigenvalue weighted by Crippen LogP contribution is -2.13. The first kappa shape index (κ1) is 15.0. The summed E-state index contributed by atoms with van der Waals surface area (Å²) in [7, 11) is 0. The number of rotatable bonds is 5. The number of aromatic hydroxyl groups is 1. The standard InChI is InChI=1S/C15H13N5O2S/c21-12-5-1-4-11(7-12)17-13(22)9-23-15-18-14(19-20-15)10-3-2-6-16-8-10/h1-8,21H,9H2,(H,17,22)(H,18,19,20). The highest BCUT2D eigenvalue weighted by molar-refractivity contribution is 7.99. The predicted octanol–water partition coefficient (Wildman–Crippen LogP) is 2.30. The molecule has 2 aromatic heterocycles. The van der Waals surface area contributed by atoms with Gasteiger partial charge in [-0.25, -0.2) is 4.98 Å². The van der Waals surface area contributed by atoms with Gasteiger partial charge in [-0.1, -0.05) is 17.8 Å². The van der Waals surface area contributed by atoms with Gasteiger partial charge in [0.15, 0.2) is 5.82 Å². The van der Waals surface area contributed by atoms with E-state index in [2.05, 4.69) is 25.5 Å². The smallest absolute Gasteiger partial charge is 0.234 e.